The average Bonchev–Trinajstić information content (AvgIpc) is 3.56. The van der Waals surface area contributed by atoms with Gasteiger partial charge in [-0.1, -0.05) is 51.1 Å². The average molecular weight is 489 g/mol. The summed E-state index contributed by atoms with van der Waals surface area (Å²) in [6, 6.07) is 14.3. The third-order valence-electron chi connectivity index (χ3n) is 6.36. The molecule has 0 amide bonds. The van der Waals surface area contributed by atoms with E-state index in [1.807, 2.05) is 24.3 Å². The number of aromatic nitrogens is 2. The van der Waals surface area contributed by atoms with E-state index in [1.165, 1.54) is 17.1 Å². The van der Waals surface area contributed by atoms with Gasteiger partial charge in [-0.05, 0) is 72.4 Å². The molecular weight excluding hydrogens is 456 g/mol. The summed E-state index contributed by atoms with van der Waals surface area (Å²) in [5, 5.41) is 13.6. The van der Waals surface area contributed by atoms with Crippen molar-refractivity contribution in [1.29, 1.82) is 5.26 Å². The van der Waals surface area contributed by atoms with E-state index in [2.05, 4.69) is 48.7 Å². The van der Waals surface area contributed by atoms with E-state index in [4.69, 9.17) is 9.72 Å². The van der Waals surface area contributed by atoms with Crippen molar-refractivity contribution in [2.24, 2.45) is 5.92 Å². The molecule has 0 spiro atoms. The molecule has 0 radical (unpaired) electrons. The molecule has 2 heterocycles. The lowest BCUT2D eigenvalue weighted by Crippen LogP contribution is -2.32. The zero-order valence-corrected chi connectivity index (χ0v) is 21.5. The summed E-state index contributed by atoms with van der Waals surface area (Å²) in [6.07, 6.45) is 4.24. The van der Waals surface area contributed by atoms with Gasteiger partial charge in [-0.3, -0.25) is 4.79 Å². The number of hydrogen-bond acceptors (Lipinski definition) is 7. The molecule has 0 bridgehead atoms. The van der Waals surface area contributed by atoms with Gasteiger partial charge in [0, 0.05) is 17.5 Å². The summed E-state index contributed by atoms with van der Waals surface area (Å²) in [6.45, 7) is 7.68. The number of nitrogens with zero attached hydrogens (tertiary/aromatic N) is 3. The number of rotatable bonds is 9. The lowest BCUT2D eigenvalue weighted by molar-refractivity contribution is -0.145. The molecule has 3 aromatic rings. The molecule has 2 aromatic carbocycles. The second kappa shape index (κ2) is 11.6. The standard InChI is InChI=1S/C28H32N4O2S/c1-4-23-19(12-14-34-28(33)25-9-6-13-30-25)7-5-8-24(23)26-31-27(35-32-26)21-11-10-20(15-18(2)3)22(16-21)17-29/h5,7-8,10-11,16,18,25,30H,4,6,9,12-15H2,1-3H3/t25-/m1/s1. The summed E-state index contributed by atoms with van der Waals surface area (Å²) in [5.74, 6) is 1.03. The van der Waals surface area contributed by atoms with Crippen LogP contribution in [0.25, 0.3) is 22.0 Å². The lowest BCUT2D eigenvalue weighted by Gasteiger charge is -2.13. The Bertz CT molecular complexity index is 1220. The zero-order chi connectivity index (χ0) is 24.8. The van der Waals surface area contributed by atoms with Crippen molar-refractivity contribution in [2.75, 3.05) is 13.2 Å². The Morgan fingerprint density at radius 1 is 1.29 bits per heavy atom. The van der Waals surface area contributed by atoms with Gasteiger partial charge in [0.1, 0.15) is 11.0 Å². The van der Waals surface area contributed by atoms with E-state index in [1.54, 1.807) is 0 Å². The topological polar surface area (TPSA) is 87.9 Å². The van der Waals surface area contributed by atoms with E-state index in [9.17, 15) is 10.1 Å². The predicted molar refractivity (Wildman–Crippen MR) is 139 cm³/mol. The molecule has 1 aliphatic heterocycles. The lowest BCUT2D eigenvalue weighted by atomic mass is 9.96. The van der Waals surface area contributed by atoms with Crippen LogP contribution < -0.4 is 5.32 Å². The quantitative estimate of drug-likeness (QED) is 0.409. The SMILES string of the molecule is CCc1c(CCOC(=O)[C@H]2CCCN2)cccc1-c1nsc(-c2ccc(CC(C)C)c(C#N)c2)n1. The normalized spacial score (nSPS) is 15.3. The Labute approximate surface area is 211 Å². The van der Waals surface area contributed by atoms with Gasteiger partial charge in [0.2, 0.25) is 0 Å². The van der Waals surface area contributed by atoms with E-state index in [0.29, 0.717) is 30.3 Å². The van der Waals surface area contributed by atoms with Gasteiger partial charge in [0.15, 0.2) is 5.82 Å². The molecule has 1 aromatic heterocycles. The van der Waals surface area contributed by atoms with Gasteiger partial charge in [0.05, 0.1) is 18.2 Å². The minimum Gasteiger partial charge on any atom is -0.464 e. The molecule has 1 aliphatic rings. The van der Waals surface area contributed by atoms with E-state index in [0.717, 1.165) is 59.5 Å². The fraction of sp³-hybridized carbons (Fsp3) is 0.429. The number of ether oxygens (including phenoxy) is 1. The minimum absolute atomic E-state index is 0.154. The first-order chi connectivity index (χ1) is 17.0. The first-order valence-electron chi connectivity index (χ1n) is 12.4. The molecule has 35 heavy (non-hydrogen) atoms. The van der Waals surface area contributed by atoms with Crippen molar-refractivity contribution < 1.29 is 9.53 Å². The second-order valence-corrected chi connectivity index (χ2v) is 10.1. The number of esters is 1. The summed E-state index contributed by atoms with van der Waals surface area (Å²) in [5.41, 5.74) is 6.02. The summed E-state index contributed by atoms with van der Waals surface area (Å²) in [7, 11) is 0. The van der Waals surface area contributed by atoms with Crippen molar-refractivity contribution in [2.45, 2.75) is 58.9 Å². The fourth-order valence-electron chi connectivity index (χ4n) is 4.63. The Morgan fingerprint density at radius 2 is 2.14 bits per heavy atom. The molecule has 1 fully saturated rings. The van der Waals surface area contributed by atoms with Crippen LogP contribution in [0.1, 0.15) is 55.9 Å². The number of benzene rings is 2. The van der Waals surface area contributed by atoms with Gasteiger partial charge >= 0.3 is 5.97 Å². The van der Waals surface area contributed by atoms with Crippen LogP contribution in [0.2, 0.25) is 0 Å². The summed E-state index contributed by atoms with van der Waals surface area (Å²) in [4.78, 5) is 17.0. The predicted octanol–water partition coefficient (Wildman–Crippen LogP) is 5.34. The maximum atomic E-state index is 12.2. The van der Waals surface area contributed by atoms with Gasteiger partial charge < -0.3 is 10.1 Å². The molecule has 0 unspecified atom stereocenters. The van der Waals surface area contributed by atoms with E-state index >= 15 is 0 Å². The fourth-order valence-corrected chi connectivity index (χ4v) is 5.30. The molecule has 4 rings (SSSR count). The third-order valence-corrected chi connectivity index (χ3v) is 7.12. The molecular formula is C28H32N4O2S. The summed E-state index contributed by atoms with van der Waals surface area (Å²) >= 11 is 1.35. The Balaban J connectivity index is 1.51. The number of nitriles is 1. The Hall–Kier alpha value is -3.08. The molecule has 7 heteroatoms. The maximum Gasteiger partial charge on any atom is 0.323 e. The van der Waals surface area contributed by atoms with Crippen molar-refractivity contribution in [3.8, 4) is 28.0 Å². The molecule has 182 valence electrons. The van der Waals surface area contributed by atoms with Crippen LogP contribution in [-0.2, 0) is 28.8 Å². The van der Waals surface area contributed by atoms with Crippen LogP contribution in [-0.4, -0.2) is 34.5 Å². The van der Waals surface area contributed by atoms with Gasteiger partial charge in [-0.15, -0.1) is 0 Å². The molecule has 6 nitrogen and oxygen atoms in total. The van der Waals surface area contributed by atoms with Gasteiger partial charge in [-0.2, -0.15) is 9.64 Å². The monoisotopic (exact) mass is 488 g/mol. The maximum absolute atomic E-state index is 12.2. The molecule has 1 N–H and O–H groups in total. The first-order valence-corrected chi connectivity index (χ1v) is 13.2. The van der Waals surface area contributed by atoms with E-state index < -0.39 is 0 Å². The van der Waals surface area contributed by atoms with Crippen LogP contribution in [0, 0.1) is 17.2 Å². The van der Waals surface area contributed by atoms with Crippen LogP contribution >= 0.6 is 11.5 Å². The summed E-state index contributed by atoms with van der Waals surface area (Å²) < 4.78 is 10.2. The number of carbonyl (C=O) groups is 1. The second-order valence-electron chi connectivity index (χ2n) is 9.37. The van der Waals surface area contributed by atoms with Crippen molar-refractivity contribution in [3.63, 3.8) is 0 Å². The number of nitrogens with one attached hydrogen (secondary N) is 1. The highest BCUT2D eigenvalue weighted by atomic mass is 32.1. The Morgan fingerprint density at radius 3 is 2.86 bits per heavy atom. The zero-order valence-electron chi connectivity index (χ0n) is 20.6. The Kier molecular flexibility index (Phi) is 8.27. The van der Waals surface area contributed by atoms with Gasteiger partial charge in [-0.25, -0.2) is 4.98 Å². The minimum atomic E-state index is -0.161. The first kappa shape index (κ1) is 25.0. The molecule has 1 atom stereocenters. The van der Waals surface area contributed by atoms with Gasteiger partial charge in [0.25, 0.3) is 0 Å². The highest BCUT2D eigenvalue weighted by molar-refractivity contribution is 7.09. The highest BCUT2D eigenvalue weighted by Gasteiger charge is 2.23. The van der Waals surface area contributed by atoms with Crippen molar-refractivity contribution >= 4 is 17.5 Å². The number of hydrogen-bond donors (Lipinski definition) is 1. The number of carbonyl (C=O) groups excluding carboxylic acids is 1. The molecule has 0 aliphatic carbocycles. The van der Waals surface area contributed by atoms with Crippen molar-refractivity contribution in [1.82, 2.24) is 14.7 Å². The molecule has 0 saturated carbocycles. The van der Waals surface area contributed by atoms with E-state index in [-0.39, 0.29) is 12.0 Å². The van der Waals surface area contributed by atoms with Crippen LogP contribution in [0.15, 0.2) is 36.4 Å². The van der Waals surface area contributed by atoms with Crippen molar-refractivity contribution in [3.05, 3.63) is 58.7 Å². The third kappa shape index (κ3) is 5.95. The smallest absolute Gasteiger partial charge is 0.323 e. The van der Waals surface area contributed by atoms with Crippen LogP contribution in [0.4, 0.5) is 0 Å². The molecule has 1 saturated heterocycles. The largest absolute Gasteiger partial charge is 0.464 e. The highest BCUT2D eigenvalue weighted by Crippen LogP contribution is 2.31. The van der Waals surface area contributed by atoms with Crippen LogP contribution in [0.5, 0.6) is 0 Å². The van der Waals surface area contributed by atoms with Crippen LogP contribution in [0.3, 0.4) is 0 Å².